The molecule has 0 spiro atoms. The second-order valence-corrected chi connectivity index (χ2v) is 6.40. The van der Waals surface area contributed by atoms with E-state index in [1.165, 1.54) is 0 Å². The van der Waals surface area contributed by atoms with Crippen molar-refractivity contribution in [3.63, 3.8) is 0 Å². The van der Waals surface area contributed by atoms with Gasteiger partial charge in [-0.15, -0.1) is 0 Å². The van der Waals surface area contributed by atoms with E-state index in [0.29, 0.717) is 23.4 Å². The Kier molecular flexibility index (Phi) is 6.98. The zero-order valence-corrected chi connectivity index (χ0v) is 15.0. The van der Waals surface area contributed by atoms with Crippen LogP contribution in [0.3, 0.4) is 0 Å². The van der Waals surface area contributed by atoms with E-state index in [1.54, 1.807) is 24.3 Å². The van der Waals surface area contributed by atoms with Crippen LogP contribution < -0.4 is 16.6 Å². The number of hydrogen-bond donors (Lipinski definition) is 2. The zero-order valence-electron chi connectivity index (χ0n) is 15.0. The van der Waals surface area contributed by atoms with Crippen LogP contribution in [0.1, 0.15) is 46.0 Å². The molecule has 136 valence electrons. The number of unbranched alkanes of at least 4 members (excludes halogenated alkanes) is 1. The molecule has 0 aliphatic rings. The number of nitrogens with one attached hydrogen (secondary N) is 2. The predicted molar refractivity (Wildman–Crippen MR) is 99.8 cm³/mol. The molecule has 2 aromatic rings. The minimum atomic E-state index is -0.481. The number of nitrogens with zero attached hydrogens (tertiary/aromatic N) is 1. The van der Waals surface area contributed by atoms with Gasteiger partial charge in [-0.3, -0.25) is 14.2 Å². The van der Waals surface area contributed by atoms with Crippen molar-refractivity contribution in [2.75, 3.05) is 6.54 Å². The van der Waals surface area contributed by atoms with Gasteiger partial charge in [0.05, 0.1) is 10.9 Å². The maximum Gasteiger partial charge on any atom is 0.328 e. The van der Waals surface area contributed by atoms with Crippen molar-refractivity contribution < 1.29 is 4.79 Å². The van der Waals surface area contributed by atoms with Gasteiger partial charge in [0, 0.05) is 19.5 Å². The van der Waals surface area contributed by atoms with Crippen molar-refractivity contribution in [2.45, 2.75) is 52.5 Å². The second-order valence-electron chi connectivity index (χ2n) is 6.40. The first-order chi connectivity index (χ1) is 12.1. The lowest BCUT2D eigenvalue weighted by molar-refractivity contribution is -0.121. The van der Waals surface area contributed by atoms with Gasteiger partial charge in [-0.2, -0.15) is 0 Å². The molecule has 1 amide bonds. The summed E-state index contributed by atoms with van der Waals surface area (Å²) in [7, 11) is 0. The predicted octanol–water partition coefficient (Wildman–Crippen LogP) is 2.41. The molecule has 0 saturated carbocycles. The Labute approximate surface area is 147 Å². The fourth-order valence-electron chi connectivity index (χ4n) is 2.91. The molecule has 6 nitrogen and oxygen atoms in total. The van der Waals surface area contributed by atoms with Crippen LogP contribution in [-0.2, 0) is 11.3 Å². The van der Waals surface area contributed by atoms with E-state index in [2.05, 4.69) is 24.1 Å². The molecule has 0 radical (unpaired) electrons. The number of aromatic nitrogens is 2. The first-order valence-electron chi connectivity index (χ1n) is 9.05. The molecule has 0 aliphatic heterocycles. The molecule has 1 atom stereocenters. The number of carbonyl (C=O) groups is 1. The van der Waals surface area contributed by atoms with Crippen LogP contribution in [0.4, 0.5) is 0 Å². The minimum Gasteiger partial charge on any atom is -0.356 e. The third-order valence-corrected chi connectivity index (χ3v) is 4.58. The summed E-state index contributed by atoms with van der Waals surface area (Å²) in [6.45, 7) is 5.01. The standard InChI is InChI=1S/C19H27N3O3/c1-3-5-8-14(4-2)13-20-17(23)11-12-22-18(24)15-9-6-7-10-16(15)21-19(22)25/h6-7,9-10,14H,3-5,8,11-13H2,1-2H3,(H,20,23)(H,21,25)/t14-/m0/s1. The van der Waals surface area contributed by atoms with Crippen LogP contribution >= 0.6 is 0 Å². The average Bonchev–Trinajstić information content (AvgIpc) is 2.61. The van der Waals surface area contributed by atoms with Gasteiger partial charge in [-0.1, -0.05) is 45.2 Å². The molecule has 0 unspecified atom stereocenters. The SMILES string of the molecule is CCCC[C@H](CC)CNC(=O)CCn1c(=O)[nH]c2ccccc2c1=O. The van der Waals surface area contributed by atoms with Crippen molar-refractivity contribution in [1.29, 1.82) is 0 Å². The number of H-pyrrole nitrogens is 1. The highest BCUT2D eigenvalue weighted by Crippen LogP contribution is 2.11. The molecule has 1 heterocycles. The molecule has 25 heavy (non-hydrogen) atoms. The fraction of sp³-hybridized carbons (Fsp3) is 0.526. The van der Waals surface area contributed by atoms with Crippen molar-refractivity contribution in [1.82, 2.24) is 14.9 Å². The molecule has 0 aliphatic carbocycles. The number of rotatable bonds is 9. The van der Waals surface area contributed by atoms with Gasteiger partial charge in [-0.25, -0.2) is 4.79 Å². The number of carbonyl (C=O) groups excluding carboxylic acids is 1. The summed E-state index contributed by atoms with van der Waals surface area (Å²) in [5.41, 5.74) is -0.327. The number of aromatic amines is 1. The summed E-state index contributed by atoms with van der Waals surface area (Å²) >= 11 is 0. The Balaban J connectivity index is 1.97. The van der Waals surface area contributed by atoms with Gasteiger partial charge in [0.1, 0.15) is 0 Å². The van der Waals surface area contributed by atoms with Gasteiger partial charge in [-0.05, 0) is 24.5 Å². The normalized spacial score (nSPS) is 12.2. The summed E-state index contributed by atoms with van der Waals surface area (Å²) in [5, 5.41) is 3.37. The largest absolute Gasteiger partial charge is 0.356 e. The number of fused-ring (bicyclic) bond motifs is 1. The van der Waals surface area contributed by atoms with Crippen LogP contribution in [0.25, 0.3) is 10.9 Å². The topological polar surface area (TPSA) is 84.0 Å². The Morgan fingerprint density at radius 3 is 2.72 bits per heavy atom. The summed E-state index contributed by atoms with van der Waals surface area (Å²) in [6, 6.07) is 6.87. The second kappa shape index (κ2) is 9.20. The van der Waals surface area contributed by atoms with Gasteiger partial charge < -0.3 is 10.3 Å². The fourth-order valence-corrected chi connectivity index (χ4v) is 2.91. The van der Waals surface area contributed by atoms with Crippen molar-refractivity contribution >= 4 is 16.8 Å². The molecule has 2 N–H and O–H groups in total. The summed E-state index contributed by atoms with van der Waals surface area (Å²) < 4.78 is 1.09. The quantitative estimate of drug-likeness (QED) is 0.732. The zero-order chi connectivity index (χ0) is 18.2. The van der Waals surface area contributed by atoms with E-state index >= 15 is 0 Å². The first kappa shape index (κ1) is 19.0. The Bertz CT molecular complexity index is 823. The van der Waals surface area contributed by atoms with Gasteiger partial charge in [0.25, 0.3) is 5.56 Å². The summed E-state index contributed by atoms with van der Waals surface area (Å²) in [5.74, 6) is 0.352. The molecular formula is C19H27N3O3. The minimum absolute atomic E-state index is 0.0799. The lowest BCUT2D eigenvalue weighted by atomic mass is 9.99. The lowest BCUT2D eigenvalue weighted by Gasteiger charge is -2.15. The molecule has 0 bridgehead atoms. The Hall–Kier alpha value is -2.37. The van der Waals surface area contributed by atoms with Crippen LogP contribution in [-0.4, -0.2) is 22.0 Å². The Morgan fingerprint density at radius 1 is 1.24 bits per heavy atom. The van der Waals surface area contributed by atoms with Crippen LogP contribution in [0.5, 0.6) is 0 Å². The molecule has 0 saturated heterocycles. The van der Waals surface area contributed by atoms with Gasteiger partial charge in [0.15, 0.2) is 0 Å². The van der Waals surface area contributed by atoms with E-state index in [4.69, 9.17) is 0 Å². The Morgan fingerprint density at radius 2 is 2.00 bits per heavy atom. The van der Waals surface area contributed by atoms with E-state index in [9.17, 15) is 14.4 Å². The number of hydrogen-bond acceptors (Lipinski definition) is 3. The summed E-state index contributed by atoms with van der Waals surface area (Å²) in [4.78, 5) is 39.2. The van der Waals surface area contributed by atoms with Crippen molar-refractivity contribution in [3.8, 4) is 0 Å². The average molecular weight is 345 g/mol. The molecule has 0 fully saturated rings. The molecular weight excluding hydrogens is 318 g/mol. The van der Waals surface area contributed by atoms with Gasteiger partial charge >= 0.3 is 5.69 Å². The van der Waals surface area contributed by atoms with Crippen LogP contribution in [0.15, 0.2) is 33.9 Å². The highest BCUT2D eigenvalue weighted by molar-refractivity contribution is 5.77. The molecule has 1 aromatic carbocycles. The maximum atomic E-state index is 12.4. The number of para-hydroxylation sites is 1. The number of amides is 1. The van der Waals surface area contributed by atoms with E-state index in [-0.39, 0.29) is 24.4 Å². The molecule has 6 heteroatoms. The van der Waals surface area contributed by atoms with Crippen LogP contribution in [0.2, 0.25) is 0 Å². The van der Waals surface area contributed by atoms with Crippen molar-refractivity contribution in [3.05, 3.63) is 45.1 Å². The molecule has 1 aromatic heterocycles. The van der Waals surface area contributed by atoms with Crippen molar-refractivity contribution in [2.24, 2.45) is 5.92 Å². The lowest BCUT2D eigenvalue weighted by Crippen LogP contribution is -2.37. The molecule has 2 rings (SSSR count). The highest BCUT2D eigenvalue weighted by Gasteiger charge is 2.11. The highest BCUT2D eigenvalue weighted by atomic mass is 16.2. The monoisotopic (exact) mass is 345 g/mol. The van der Waals surface area contributed by atoms with E-state index in [0.717, 1.165) is 30.3 Å². The maximum absolute atomic E-state index is 12.4. The van der Waals surface area contributed by atoms with Gasteiger partial charge in [0.2, 0.25) is 5.91 Å². The van der Waals surface area contributed by atoms with E-state index < -0.39 is 5.69 Å². The van der Waals surface area contributed by atoms with Crippen LogP contribution in [0, 0.1) is 5.92 Å². The smallest absolute Gasteiger partial charge is 0.328 e. The van der Waals surface area contributed by atoms with E-state index in [1.807, 2.05) is 0 Å². The number of benzene rings is 1. The first-order valence-corrected chi connectivity index (χ1v) is 9.05. The third kappa shape index (κ3) is 5.05. The third-order valence-electron chi connectivity index (χ3n) is 4.58. The summed E-state index contributed by atoms with van der Waals surface area (Å²) in [6.07, 6.45) is 4.57.